The molecule has 0 radical (unpaired) electrons. The van der Waals surface area contributed by atoms with Crippen LogP contribution < -0.4 is 15.4 Å². The second-order valence-electron chi connectivity index (χ2n) is 4.61. The number of nitrogens with one attached hydrogen (secondary N) is 2. The quantitative estimate of drug-likeness (QED) is 0.858. The number of amides is 2. The van der Waals surface area contributed by atoms with E-state index in [4.69, 9.17) is 10.00 Å². The van der Waals surface area contributed by atoms with Crippen molar-refractivity contribution in [1.82, 2.24) is 0 Å². The molecule has 0 unspecified atom stereocenters. The van der Waals surface area contributed by atoms with Crippen molar-refractivity contribution in [3.63, 3.8) is 0 Å². The van der Waals surface area contributed by atoms with Crippen molar-refractivity contribution in [3.05, 3.63) is 54.6 Å². The van der Waals surface area contributed by atoms with E-state index in [2.05, 4.69) is 10.6 Å². The molecule has 0 fully saturated rings. The summed E-state index contributed by atoms with van der Waals surface area (Å²) in [4.78, 5) is 23.1. The fraction of sp³-hybridized carbons (Fsp3) is 0.118. The highest BCUT2D eigenvalue weighted by Gasteiger charge is 2.05. The third-order valence-electron chi connectivity index (χ3n) is 2.81. The highest BCUT2D eigenvalue weighted by Crippen LogP contribution is 2.14. The van der Waals surface area contributed by atoms with Crippen molar-refractivity contribution >= 4 is 23.2 Å². The molecule has 0 saturated carbocycles. The molecule has 0 spiro atoms. The van der Waals surface area contributed by atoms with Crippen LogP contribution in [0.4, 0.5) is 11.4 Å². The Hall–Kier alpha value is -3.33. The van der Waals surface area contributed by atoms with E-state index in [-0.39, 0.29) is 24.8 Å². The second-order valence-corrected chi connectivity index (χ2v) is 4.61. The number of para-hydroxylation sites is 1. The molecule has 0 atom stereocenters. The van der Waals surface area contributed by atoms with Crippen LogP contribution in [0.15, 0.2) is 54.6 Å². The largest absolute Gasteiger partial charge is 0.484 e. The first-order valence-electron chi connectivity index (χ1n) is 6.92. The molecule has 6 heteroatoms. The van der Waals surface area contributed by atoms with Gasteiger partial charge < -0.3 is 15.4 Å². The van der Waals surface area contributed by atoms with Crippen LogP contribution >= 0.6 is 0 Å². The summed E-state index contributed by atoms with van der Waals surface area (Å²) in [5, 5.41) is 13.7. The molecule has 2 N–H and O–H groups in total. The Bertz CT molecular complexity index is 706. The van der Waals surface area contributed by atoms with Crippen LogP contribution in [0.5, 0.6) is 5.75 Å². The highest BCUT2D eigenvalue weighted by atomic mass is 16.5. The summed E-state index contributed by atoms with van der Waals surface area (Å²) in [6.07, 6.45) is -0.199. The molecule has 23 heavy (non-hydrogen) atoms. The van der Waals surface area contributed by atoms with E-state index in [9.17, 15) is 9.59 Å². The zero-order valence-electron chi connectivity index (χ0n) is 12.3. The summed E-state index contributed by atoms with van der Waals surface area (Å²) in [5.74, 6) is -0.0335. The van der Waals surface area contributed by atoms with Crippen LogP contribution in [-0.2, 0) is 9.59 Å². The molecular weight excluding hydrogens is 294 g/mol. The number of hydrogen-bond donors (Lipinski definition) is 2. The monoisotopic (exact) mass is 309 g/mol. The lowest BCUT2D eigenvalue weighted by Crippen LogP contribution is -2.20. The number of rotatable bonds is 6. The number of benzene rings is 2. The highest BCUT2D eigenvalue weighted by molar-refractivity contribution is 5.94. The van der Waals surface area contributed by atoms with Crippen molar-refractivity contribution in [2.24, 2.45) is 0 Å². The standard InChI is InChI=1S/C17H15N3O3/c18-11-10-16(21)19-13-6-8-14(9-7-13)20-17(22)12-23-15-4-2-1-3-5-15/h1-9H,10,12H2,(H,19,21)(H,20,22). The lowest BCUT2D eigenvalue weighted by atomic mass is 10.2. The van der Waals surface area contributed by atoms with Crippen LogP contribution in [0.3, 0.4) is 0 Å². The third kappa shape index (κ3) is 5.52. The topological polar surface area (TPSA) is 91.2 Å². The van der Waals surface area contributed by atoms with Gasteiger partial charge in [-0.1, -0.05) is 18.2 Å². The minimum Gasteiger partial charge on any atom is -0.484 e. The Morgan fingerprint density at radius 1 is 0.913 bits per heavy atom. The van der Waals surface area contributed by atoms with Crippen molar-refractivity contribution in [1.29, 1.82) is 5.26 Å². The molecule has 2 amide bonds. The fourth-order valence-electron chi connectivity index (χ4n) is 1.78. The number of anilines is 2. The van der Waals surface area contributed by atoms with Crippen LogP contribution in [-0.4, -0.2) is 18.4 Å². The van der Waals surface area contributed by atoms with E-state index in [0.717, 1.165) is 0 Å². The van der Waals surface area contributed by atoms with Gasteiger partial charge in [0.1, 0.15) is 12.2 Å². The smallest absolute Gasteiger partial charge is 0.262 e. The van der Waals surface area contributed by atoms with Crippen molar-refractivity contribution in [3.8, 4) is 11.8 Å². The summed E-state index contributed by atoms with van der Waals surface area (Å²) in [5.41, 5.74) is 1.15. The van der Waals surface area contributed by atoms with E-state index in [1.165, 1.54) is 0 Å². The van der Waals surface area contributed by atoms with Gasteiger partial charge in [0.2, 0.25) is 5.91 Å². The van der Waals surface area contributed by atoms with Gasteiger partial charge in [-0.15, -0.1) is 0 Å². The summed E-state index contributed by atoms with van der Waals surface area (Å²) in [6, 6.07) is 17.4. The minimum atomic E-state index is -0.374. The van der Waals surface area contributed by atoms with Gasteiger partial charge in [-0.25, -0.2) is 0 Å². The van der Waals surface area contributed by atoms with E-state index in [1.807, 2.05) is 18.2 Å². The summed E-state index contributed by atoms with van der Waals surface area (Å²) >= 11 is 0. The van der Waals surface area contributed by atoms with Gasteiger partial charge in [0.05, 0.1) is 6.07 Å². The summed E-state index contributed by atoms with van der Waals surface area (Å²) < 4.78 is 5.34. The fourth-order valence-corrected chi connectivity index (χ4v) is 1.78. The lowest BCUT2D eigenvalue weighted by Gasteiger charge is -2.08. The van der Waals surface area contributed by atoms with Gasteiger partial charge in [-0.3, -0.25) is 9.59 Å². The molecule has 0 saturated heterocycles. The van der Waals surface area contributed by atoms with Crippen molar-refractivity contribution < 1.29 is 14.3 Å². The predicted molar refractivity (Wildman–Crippen MR) is 85.9 cm³/mol. The van der Waals surface area contributed by atoms with E-state index in [1.54, 1.807) is 42.5 Å². The normalized spacial score (nSPS) is 9.52. The van der Waals surface area contributed by atoms with Gasteiger partial charge in [-0.2, -0.15) is 5.26 Å². The molecule has 2 rings (SSSR count). The summed E-state index contributed by atoms with van der Waals surface area (Å²) in [7, 11) is 0. The number of nitrogens with zero attached hydrogens (tertiary/aromatic N) is 1. The molecule has 0 aliphatic heterocycles. The lowest BCUT2D eigenvalue weighted by molar-refractivity contribution is -0.118. The Morgan fingerprint density at radius 2 is 1.48 bits per heavy atom. The molecule has 0 aliphatic rings. The second kappa shape index (κ2) is 8.20. The zero-order valence-corrected chi connectivity index (χ0v) is 12.3. The number of carbonyl (C=O) groups excluding carboxylic acids is 2. The number of hydrogen-bond acceptors (Lipinski definition) is 4. The van der Waals surface area contributed by atoms with Gasteiger partial charge >= 0.3 is 0 Å². The van der Waals surface area contributed by atoms with E-state index < -0.39 is 0 Å². The van der Waals surface area contributed by atoms with Crippen LogP contribution in [0.1, 0.15) is 6.42 Å². The Balaban J connectivity index is 1.82. The molecule has 0 aliphatic carbocycles. The van der Waals surface area contributed by atoms with Crippen molar-refractivity contribution in [2.45, 2.75) is 6.42 Å². The molecule has 0 heterocycles. The molecule has 116 valence electrons. The minimum absolute atomic E-state index is 0.0926. The maximum atomic E-state index is 11.8. The predicted octanol–water partition coefficient (Wildman–Crippen LogP) is 2.56. The zero-order chi connectivity index (χ0) is 16.5. The van der Waals surface area contributed by atoms with Gasteiger partial charge in [0.25, 0.3) is 5.91 Å². The molecule has 6 nitrogen and oxygen atoms in total. The molecule has 2 aromatic rings. The van der Waals surface area contributed by atoms with Gasteiger partial charge in [0, 0.05) is 11.4 Å². The van der Waals surface area contributed by atoms with Gasteiger partial charge in [-0.05, 0) is 36.4 Å². The summed E-state index contributed by atoms with van der Waals surface area (Å²) in [6.45, 7) is -0.0926. The number of ether oxygens (including phenoxy) is 1. The Morgan fingerprint density at radius 3 is 2.04 bits per heavy atom. The van der Waals surface area contributed by atoms with E-state index >= 15 is 0 Å². The van der Waals surface area contributed by atoms with Crippen LogP contribution in [0.25, 0.3) is 0 Å². The first-order chi connectivity index (χ1) is 11.2. The Labute approximate surface area is 133 Å². The average Bonchev–Trinajstić information content (AvgIpc) is 2.56. The van der Waals surface area contributed by atoms with Crippen LogP contribution in [0.2, 0.25) is 0 Å². The van der Waals surface area contributed by atoms with Crippen LogP contribution in [0, 0.1) is 11.3 Å². The average molecular weight is 309 g/mol. The molecule has 0 bridgehead atoms. The van der Waals surface area contributed by atoms with Crippen molar-refractivity contribution in [2.75, 3.05) is 17.2 Å². The maximum absolute atomic E-state index is 11.8. The first kappa shape index (κ1) is 16.0. The molecule has 0 aromatic heterocycles. The molecular formula is C17H15N3O3. The van der Waals surface area contributed by atoms with E-state index in [0.29, 0.717) is 17.1 Å². The third-order valence-corrected chi connectivity index (χ3v) is 2.81. The number of nitriles is 1. The maximum Gasteiger partial charge on any atom is 0.262 e. The Kier molecular flexibility index (Phi) is 5.72. The first-order valence-corrected chi connectivity index (χ1v) is 6.92. The number of carbonyl (C=O) groups is 2. The molecule has 2 aromatic carbocycles. The van der Waals surface area contributed by atoms with Gasteiger partial charge in [0.15, 0.2) is 6.61 Å². The SMILES string of the molecule is N#CCC(=O)Nc1ccc(NC(=O)COc2ccccc2)cc1.